The van der Waals surface area contributed by atoms with Crippen LogP contribution in [0.2, 0.25) is 0 Å². The first kappa shape index (κ1) is 28.0. The minimum atomic E-state index is -0.0625. The molecule has 2 aliphatic rings. The molecule has 4 heteroatoms. The van der Waals surface area contributed by atoms with Crippen LogP contribution in [0.5, 0.6) is 0 Å². The van der Waals surface area contributed by atoms with Crippen molar-refractivity contribution in [1.29, 1.82) is 0 Å². The van der Waals surface area contributed by atoms with Crippen LogP contribution < -0.4 is 15.7 Å². The summed E-state index contributed by atoms with van der Waals surface area (Å²) in [5.41, 5.74) is 16.5. The zero-order valence-corrected chi connectivity index (χ0v) is 28.1. The number of hydrogen-bond donors (Lipinski definition) is 0. The van der Waals surface area contributed by atoms with Gasteiger partial charge in [-0.2, -0.15) is 0 Å². The first-order valence-electron chi connectivity index (χ1n) is 18.0. The number of hydrogen-bond acceptors (Lipinski definition) is 2. The van der Waals surface area contributed by atoms with Crippen LogP contribution in [-0.2, 0) is 0 Å². The summed E-state index contributed by atoms with van der Waals surface area (Å²) in [5, 5.41) is 6.01. The second-order valence-electron chi connectivity index (χ2n) is 14.1. The summed E-state index contributed by atoms with van der Waals surface area (Å²) in [6.45, 7) is -0.0625. The Labute approximate surface area is 300 Å². The molecule has 0 atom stereocenters. The second-order valence-corrected chi connectivity index (χ2v) is 14.1. The van der Waals surface area contributed by atoms with Crippen molar-refractivity contribution in [2.24, 2.45) is 0 Å². The van der Waals surface area contributed by atoms with E-state index in [0.29, 0.717) is 0 Å². The number of nitrogens with zero attached hydrogens (tertiary/aromatic N) is 2. The number of rotatable bonds is 3. The number of furan rings is 1. The van der Waals surface area contributed by atoms with E-state index in [-0.39, 0.29) is 6.85 Å². The Balaban J connectivity index is 1.23. The van der Waals surface area contributed by atoms with Gasteiger partial charge in [0.2, 0.25) is 5.71 Å². The molecule has 0 fully saturated rings. The van der Waals surface area contributed by atoms with Crippen LogP contribution in [0.15, 0.2) is 180 Å². The van der Waals surface area contributed by atoms with E-state index in [0.717, 1.165) is 22.4 Å². The van der Waals surface area contributed by atoms with Gasteiger partial charge in [-0.05, 0) is 92.0 Å². The molecule has 0 spiro atoms. The van der Waals surface area contributed by atoms with Gasteiger partial charge in [0.1, 0.15) is 5.58 Å². The van der Waals surface area contributed by atoms with Crippen molar-refractivity contribution in [2.75, 3.05) is 4.81 Å². The number of para-hydroxylation sites is 2. The Morgan fingerprint density at radius 3 is 1.90 bits per heavy atom. The van der Waals surface area contributed by atoms with Gasteiger partial charge in [0, 0.05) is 33.4 Å². The first-order valence-corrected chi connectivity index (χ1v) is 18.0. The molecule has 52 heavy (non-hydrogen) atoms. The maximum absolute atomic E-state index is 6.82. The van der Waals surface area contributed by atoms with Gasteiger partial charge in [-0.25, -0.2) is 0 Å². The zero-order chi connectivity index (χ0) is 33.9. The fraction of sp³-hybridized carbons (Fsp3) is 0. The highest BCUT2D eigenvalue weighted by atomic mass is 16.3. The lowest BCUT2D eigenvalue weighted by Crippen LogP contribution is -2.60. The average molecular weight is 661 g/mol. The molecule has 0 saturated carbocycles. The molecule has 12 rings (SSSR count). The summed E-state index contributed by atoms with van der Waals surface area (Å²) in [4.78, 5) is 2.59. The van der Waals surface area contributed by atoms with Crippen molar-refractivity contribution < 1.29 is 4.42 Å². The molecule has 0 saturated heterocycles. The predicted molar refractivity (Wildman–Crippen MR) is 218 cm³/mol. The minimum absolute atomic E-state index is 0.0625. The molecule has 0 amide bonds. The molecule has 0 unspecified atom stereocenters. The molecule has 10 aromatic rings. The van der Waals surface area contributed by atoms with E-state index in [1.54, 1.807) is 0 Å². The quantitative estimate of drug-likeness (QED) is 0.176. The fourth-order valence-electron chi connectivity index (χ4n) is 9.08. The molecule has 0 N–H and O–H groups in total. The molecule has 4 heterocycles. The highest BCUT2D eigenvalue weighted by Crippen LogP contribution is 2.48. The number of benzene rings is 8. The molecule has 240 valence electrons. The standard InChI is InChI=1S/C48H29BN2O/c1-3-12-30(13-4-1)32-22-24-36(25-23-32)51-42-28-34-17-8-7-16-33(34)26-39(42)40-27-35(31-14-5-2-6-15-31)29-43-46(40)49(51)41-20-11-19-38-45-37-18-9-10-21-44(37)52-48(45)50(43)47(38)41/h1-29H. The van der Waals surface area contributed by atoms with Gasteiger partial charge in [-0.1, -0.05) is 133 Å². The van der Waals surface area contributed by atoms with E-state index in [9.17, 15) is 0 Å². The minimum Gasteiger partial charge on any atom is -0.439 e. The van der Waals surface area contributed by atoms with E-state index >= 15 is 0 Å². The zero-order valence-electron chi connectivity index (χ0n) is 28.1. The number of fused-ring (bicyclic) bond motifs is 10. The van der Waals surface area contributed by atoms with Crippen molar-refractivity contribution in [3.63, 3.8) is 0 Å². The van der Waals surface area contributed by atoms with E-state index in [4.69, 9.17) is 4.42 Å². The van der Waals surface area contributed by atoms with Gasteiger partial charge in [0.05, 0.1) is 10.9 Å². The van der Waals surface area contributed by atoms with E-state index in [2.05, 4.69) is 185 Å². The van der Waals surface area contributed by atoms with Crippen molar-refractivity contribution in [3.05, 3.63) is 176 Å². The van der Waals surface area contributed by atoms with Crippen molar-refractivity contribution in [2.45, 2.75) is 0 Å². The fourth-order valence-corrected chi connectivity index (χ4v) is 9.08. The highest BCUT2D eigenvalue weighted by Gasteiger charge is 2.44. The summed E-state index contributed by atoms with van der Waals surface area (Å²) >= 11 is 0. The lowest BCUT2D eigenvalue weighted by atomic mass is 9.44. The Hall–Kier alpha value is -6.78. The molecule has 2 aliphatic heterocycles. The Morgan fingerprint density at radius 2 is 1.12 bits per heavy atom. The van der Waals surface area contributed by atoms with E-state index in [1.165, 1.54) is 82.7 Å². The second kappa shape index (κ2) is 10.4. The monoisotopic (exact) mass is 660 g/mol. The Kier molecular flexibility index (Phi) is 5.58. The van der Waals surface area contributed by atoms with Crippen LogP contribution in [0.3, 0.4) is 0 Å². The summed E-state index contributed by atoms with van der Waals surface area (Å²) in [6.07, 6.45) is 0. The lowest BCUT2D eigenvalue weighted by Gasteiger charge is -2.42. The van der Waals surface area contributed by atoms with Crippen LogP contribution >= 0.6 is 0 Å². The van der Waals surface area contributed by atoms with Gasteiger partial charge in [0.25, 0.3) is 0 Å². The van der Waals surface area contributed by atoms with Crippen LogP contribution in [0.25, 0.3) is 82.8 Å². The van der Waals surface area contributed by atoms with Gasteiger partial charge >= 0.3 is 6.85 Å². The molecule has 0 radical (unpaired) electrons. The summed E-state index contributed by atoms with van der Waals surface area (Å²) in [6, 6.07) is 64.3. The third kappa shape index (κ3) is 3.76. The highest BCUT2D eigenvalue weighted by molar-refractivity contribution is 6.93. The van der Waals surface area contributed by atoms with Gasteiger partial charge in [-0.3, -0.25) is 4.57 Å². The molecule has 3 nitrogen and oxygen atoms in total. The van der Waals surface area contributed by atoms with Crippen molar-refractivity contribution in [3.8, 4) is 39.1 Å². The van der Waals surface area contributed by atoms with Crippen LogP contribution in [0.1, 0.15) is 0 Å². The maximum Gasteiger partial charge on any atom is 0.333 e. The Bertz CT molecular complexity index is 3070. The van der Waals surface area contributed by atoms with Gasteiger partial charge in [0.15, 0.2) is 0 Å². The largest absolute Gasteiger partial charge is 0.439 e. The van der Waals surface area contributed by atoms with Crippen molar-refractivity contribution >= 4 is 72.9 Å². The SMILES string of the molecule is c1ccc(-c2ccc(N3B4c5c(cc(-c6ccccc6)cc5-n5c6oc7ccccc7c6c6cccc4c65)-c4cc5ccccc5cc43)cc2)cc1. The smallest absolute Gasteiger partial charge is 0.333 e. The summed E-state index contributed by atoms with van der Waals surface area (Å²) in [5.74, 6) is 0. The van der Waals surface area contributed by atoms with Crippen LogP contribution in [0, 0.1) is 0 Å². The molecule has 8 aromatic carbocycles. The molecule has 0 aliphatic carbocycles. The van der Waals surface area contributed by atoms with Gasteiger partial charge < -0.3 is 9.23 Å². The maximum atomic E-state index is 6.82. The lowest BCUT2D eigenvalue weighted by molar-refractivity contribution is 0.645. The topological polar surface area (TPSA) is 21.3 Å². The van der Waals surface area contributed by atoms with Crippen LogP contribution in [0.4, 0.5) is 11.4 Å². The van der Waals surface area contributed by atoms with E-state index < -0.39 is 0 Å². The number of anilines is 2. The molecular formula is C48H29BN2O. The van der Waals surface area contributed by atoms with Gasteiger partial charge in [-0.15, -0.1) is 0 Å². The third-order valence-electron chi connectivity index (χ3n) is 11.3. The Morgan fingerprint density at radius 1 is 0.462 bits per heavy atom. The normalized spacial score (nSPS) is 12.9. The third-order valence-corrected chi connectivity index (χ3v) is 11.3. The molecule has 2 aromatic heterocycles. The average Bonchev–Trinajstić information content (AvgIpc) is 3.75. The predicted octanol–water partition coefficient (Wildman–Crippen LogP) is 11.3. The molecular weight excluding hydrogens is 631 g/mol. The summed E-state index contributed by atoms with van der Waals surface area (Å²) in [7, 11) is 0. The van der Waals surface area contributed by atoms with Crippen LogP contribution in [-0.4, -0.2) is 11.4 Å². The van der Waals surface area contributed by atoms with Crippen molar-refractivity contribution in [1.82, 2.24) is 4.57 Å². The first-order chi connectivity index (χ1) is 25.8. The number of aromatic nitrogens is 1. The summed E-state index contributed by atoms with van der Waals surface area (Å²) < 4.78 is 9.24. The molecule has 0 bridgehead atoms. The van der Waals surface area contributed by atoms with E-state index in [1.807, 2.05) is 0 Å².